The second-order valence-electron chi connectivity index (χ2n) is 4.40. The molecule has 2 atom stereocenters. The third-order valence-electron chi connectivity index (χ3n) is 2.88. The average molecular weight is 267 g/mol. The van der Waals surface area contributed by atoms with Crippen molar-refractivity contribution in [3.8, 4) is 0 Å². The first kappa shape index (κ1) is 13.3. The summed E-state index contributed by atoms with van der Waals surface area (Å²) in [7, 11) is -3.35. The van der Waals surface area contributed by atoms with E-state index in [4.69, 9.17) is 5.11 Å². The Labute approximate surface area is 108 Å². The Bertz CT molecular complexity index is 534. The minimum Gasteiger partial charge on any atom is -0.396 e. The molecule has 1 aliphatic rings. The van der Waals surface area contributed by atoms with Crippen LogP contribution in [0.15, 0.2) is 41.3 Å². The molecule has 18 heavy (non-hydrogen) atoms. The predicted molar refractivity (Wildman–Crippen MR) is 69.7 cm³/mol. The van der Waals surface area contributed by atoms with Crippen LogP contribution in [0, 0.1) is 6.92 Å². The number of benzene rings is 1. The van der Waals surface area contributed by atoms with Crippen molar-refractivity contribution in [3.63, 3.8) is 0 Å². The fraction of sp³-hybridized carbons (Fsp3) is 0.385. The molecule has 2 rings (SSSR count). The van der Waals surface area contributed by atoms with Gasteiger partial charge in [-0.25, -0.2) is 8.42 Å². The van der Waals surface area contributed by atoms with E-state index in [1.54, 1.807) is 24.3 Å². The van der Waals surface area contributed by atoms with E-state index in [0.29, 0.717) is 17.9 Å². The second-order valence-corrected chi connectivity index (χ2v) is 6.29. The maximum atomic E-state index is 12.2. The van der Waals surface area contributed by atoms with E-state index in [1.807, 2.05) is 19.1 Å². The van der Waals surface area contributed by atoms with Crippen LogP contribution in [0.2, 0.25) is 0 Å². The third-order valence-corrected chi connectivity index (χ3v) is 4.79. The van der Waals surface area contributed by atoms with Gasteiger partial charge in [0.2, 0.25) is 10.0 Å². The summed E-state index contributed by atoms with van der Waals surface area (Å²) in [4.78, 5) is 0.339. The first-order chi connectivity index (χ1) is 8.55. The summed E-state index contributed by atoms with van der Waals surface area (Å²) in [6, 6.07) is 6.82. The van der Waals surface area contributed by atoms with Crippen molar-refractivity contribution in [2.24, 2.45) is 0 Å². The van der Waals surface area contributed by atoms with Crippen molar-refractivity contribution in [1.82, 2.24) is 4.31 Å². The van der Waals surface area contributed by atoms with Gasteiger partial charge in [0.25, 0.3) is 0 Å². The lowest BCUT2D eigenvalue weighted by Crippen LogP contribution is -2.13. The molecule has 1 heterocycles. The summed E-state index contributed by atoms with van der Waals surface area (Å²) in [5.74, 6) is 0. The molecule has 5 heteroatoms. The highest BCUT2D eigenvalue weighted by Crippen LogP contribution is 2.29. The number of nitrogens with zero attached hydrogens (tertiary/aromatic N) is 1. The van der Waals surface area contributed by atoms with Crippen molar-refractivity contribution >= 4 is 10.0 Å². The van der Waals surface area contributed by atoms with Crippen molar-refractivity contribution in [3.05, 3.63) is 42.0 Å². The van der Waals surface area contributed by atoms with E-state index in [0.717, 1.165) is 5.56 Å². The van der Waals surface area contributed by atoms with E-state index >= 15 is 0 Å². The second kappa shape index (κ2) is 5.22. The van der Waals surface area contributed by atoms with Crippen LogP contribution < -0.4 is 0 Å². The lowest BCUT2D eigenvalue weighted by atomic mass is 10.2. The molecule has 0 amide bonds. The molecule has 0 aliphatic carbocycles. The molecule has 0 saturated carbocycles. The Morgan fingerprint density at radius 2 is 2.06 bits per heavy atom. The van der Waals surface area contributed by atoms with E-state index in [9.17, 15) is 8.42 Å². The number of sulfonamides is 1. The van der Waals surface area contributed by atoms with Gasteiger partial charge in [0.15, 0.2) is 0 Å². The monoisotopic (exact) mass is 267 g/mol. The summed E-state index contributed by atoms with van der Waals surface area (Å²) in [6.45, 7) is 2.54. The highest BCUT2D eigenvalue weighted by molar-refractivity contribution is 7.89. The van der Waals surface area contributed by atoms with Gasteiger partial charge in [0, 0.05) is 13.2 Å². The zero-order valence-electron chi connectivity index (χ0n) is 10.3. The molecule has 1 aliphatic heterocycles. The number of aliphatic hydroxyl groups is 1. The molecule has 0 radical (unpaired) electrons. The molecule has 0 aromatic heterocycles. The lowest BCUT2D eigenvalue weighted by Gasteiger charge is -2.05. The topological polar surface area (TPSA) is 57.4 Å². The first-order valence-corrected chi connectivity index (χ1v) is 7.36. The molecule has 1 N–H and O–H groups in total. The van der Waals surface area contributed by atoms with Gasteiger partial charge >= 0.3 is 0 Å². The lowest BCUT2D eigenvalue weighted by molar-refractivity contribution is 0.302. The zero-order chi connectivity index (χ0) is 13.2. The Balaban J connectivity index is 2.08. The predicted octanol–water partition coefficient (Wildman–Crippen LogP) is 1.31. The van der Waals surface area contributed by atoms with Crippen LogP contribution in [-0.2, 0) is 10.0 Å². The number of aryl methyl sites for hydroxylation is 1. The zero-order valence-corrected chi connectivity index (χ0v) is 11.1. The largest absolute Gasteiger partial charge is 0.396 e. The molecule has 4 nitrogen and oxygen atoms in total. The van der Waals surface area contributed by atoms with E-state index < -0.39 is 10.0 Å². The maximum absolute atomic E-state index is 12.2. The minimum atomic E-state index is -3.35. The van der Waals surface area contributed by atoms with Gasteiger partial charge in [-0.15, -0.1) is 0 Å². The fourth-order valence-electron chi connectivity index (χ4n) is 1.74. The van der Waals surface area contributed by atoms with Gasteiger partial charge in [-0.1, -0.05) is 29.8 Å². The van der Waals surface area contributed by atoms with Crippen molar-refractivity contribution in [2.45, 2.75) is 24.3 Å². The average Bonchev–Trinajstić information content (AvgIpc) is 3.10. The van der Waals surface area contributed by atoms with Gasteiger partial charge in [-0.2, -0.15) is 4.31 Å². The Hall–Kier alpha value is -1.17. The van der Waals surface area contributed by atoms with Crippen LogP contribution in [0.5, 0.6) is 0 Å². The summed E-state index contributed by atoms with van der Waals surface area (Å²) in [5.41, 5.74) is 1.04. The molecule has 98 valence electrons. The van der Waals surface area contributed by atoms with Crippen molar-refractivity contribution < 1.29 is 13.5 Å². The van der Waals surface area contributed by atoms with E-state index in [2.05, 4.69) is 0 Å². The molecular weight excluding hydrogens is 250 g/mol. The molecule has 0 bridgehead atoms. The van der Waals surface area contributed by atoms with Gasteiger partial charge in [-0.3, -0.25) is 0 Å². The molecule has 1 aromatic carbocycles. The van der Waals surface area contributed by atoms with Crippen molar-refractivity contribution in [2.75, 3.05) is 13.2 Å². The third kappa shape index (κ3) is 2.80. The minimum absolute atomic E-state index is 0.0529. The Kier molecular flexibility index (Phi) is 3.85. The highest BCUT2D eigenvalue weighted by Gasteiger charge is 2.42. The molecule has 1 aromatic rings. The summed E-state index contributed by atoms with van der Waals surface area (Å²) < 4.78 is 25.8. The Morgan fingerprint density at radius 3 is 2.67 bits per heavy atom. The van der Waals surface area contributed by atoms with Gasteiger partial charge in [0.1, 0.15) is 0 Å². The molecule has 1 fully saturated rings. The normalized spacial score (nSPS) is 23.4. The number of rotatable bonds is 5. The van der Waals surface area contributed by atoms with Crippen LogP contribution in [0.1, 0.15) is 12.0 Å². The molecule has 0 spiro atoms. The van der Waals surface area contributed by atoms with Gasteiger partial charge in [-0.05, 0) is 25.5 Å². The van der Waals surface area contributed by atoms with Gasteiger partial charge in [0.05, 0.1) is 10.9 Å². The molecule has 1 unspecified atom stereocenters. The Morgan fingerprint density at radius 1 is 1.39 bits per heavy atom. The summed E-state index contributed by atoms with van der Waals surface area (Å²) in [5, 5.41) is 8.65. The number of hydrogen-bond acceptors (Lipinski definition) is 3. The van der Waals surface area contributed by atoms with Crippen LogP contribution in [-0.4, -0.2) is 37.0 Å². The van der Waals surface area contributed by atoms with Crippen LogP contribution in [0.25, 0.3) is 0 Å². The quantitative estimate of drug-likeness (QED) is 0.646. The smallest absolute Gasteiger partial charge is 0.243 e. The fourth-order valence-corrected chi connectivity index (χ4v) is 3.27. The van der Waals surface area contributed by atoms with Gasteiger partial charge < -0.3 is 5.11 Å². The van der Waals surface area contributed by atoms with Crippen LogP contribution in [0.4, 0.5) is 0 Å². The number of aliphatic hydroxyl groups excluding tert-OH is 1. The molecule has 1 saturated heterocycles. The maximum Gasteiger partial charge on any atom is 0.243 e. The SMILES string of the molecule is Cc1ccc(S(=O)(=O)N2C[C@@H]2/C=C/CCO)cc1. The first-order valence-electron chi connectivity index (χ1n) is 5.92. The van der Waals surface area contributed by atoms with E-state index in [-0.39, 0.29) is 12.6 Å². The van der Waals surface area contributed by atoms with Crippen LogP contribution >= 0.6 is 0 Å². The molecular formula is C13H17NO3S. The van der Waals surface area contributed by atoms with Crippen LogP contribution in [0.3, 0.4) is 0 Å². The highest BCUT2D eigenvalue weighted by atomic mass is 32.2. The summed E-state index contributed by atoms with van der Waals surface area (Å²) in [6.07, 6.45) is 4.21. The standard InChI is InChI=1S/C13H17NO3S/c1-11-5-7-13(8-6-11)18(16,17)14-10-12(14)4-2-3-9-15/h2,4-8,12,15H,3,9-10H2,1H3/b4-2+/t12-,14?/m0/s1. The number of hydrogen-bond donors (Lipinski definition) is 1. The van der Waals surface area contributed by atoms with Crippen molar-refractivity contribution in [1.29, 1.82) is 0 Å². The van der Waals surface area contributed by atoms with E-state index in [1.165, 1.54) is 4.31 Å². The summed E-state index contributed by atoms with van der Waals surface area (Å²) >= 11 is 0.